The summed E-state index contributed by atoms with van der Waals surface area (Å²) in [7, 11) is -6.32. The maximum absolute atomic E-state index is 10.6. The van der Waals surface area contributed by atoms with Crippen molar-refractivity contribution in [2.24, 2.45) is 0 Å². The summed E-state index contributed by atoms with van der Waals surface area (Å²) in [6.07, 6.45) is -0.368. The molecule has 0 aromatic heterocycles. The first-order chi connectivity index (χ1) is 16.9. The van der Waals surface area contributed by atoms with Crippen LogP contribution >= 0.6 is 0 Å². The van der Waals surface area contributed by atoms with Crippen LogP contribution in [0.1, 0.15) is 67.9 Å². The molecule has 8 heteroatoms. The number of rotatable bonds is 9. The molecule has 0 spiro atoms. The first kappa shape index (κ1) is 33.7. The number of benzene rings is 1. The van der Waals surface area contributed by atoms with Crippen LogP contribution in [-0.2, 0) is 24.4 Å². The van der Waals surface area contributed by atoms with E-state index >= 15 is 0 Å². The van der Waals surface area contributed by atoms with Crippen LogP contribution in [0.25, 0.3) is 0 Å². The molecule has 1 saturated heterocycles. The van der Waals surface area contributed by atoms with Crippen LogP contribution in [-0.4, -0.2) is 61.1 Å². The van der Waals surface area contributed by atoms with Crippen LogP contribution in [0, 0.1) is 0 Å². The van der Waals surface area contributed by atoms with Crippen molar-refractivity contribution >= 4 is 25.0 Å². The van der Waals surface area contributed by atoms with E-state index in [4.69, 9.17) is 18.0 Å². The molecule has 1 fully saturated rings. The molecule has 4 atom stereocenters. The predicted molar refractivity (Wildman–Crippen MR) is 168 cm³/mol. The van der Waals surface area contributed by atoms with Crippen LogP contribution in [0.3, 0.4) is 0 Å². The van der Waals surface area contributed by atoms with Gasteiger partial charge in [-0.25, -0.2) is 0 Å². The fraction of sp³-hybridized carbons (Fsp3) is 0.800. The van der Waals surface area contributed by atoms with Crippen molar-refractivity contribution in [3.05, 3.63) is 29.8 Å². The highest BCUT2D eigenvalue weighted by Gasteiger charge is 2.54. The molecule has 0 amide bonds. The SMILES string of the molecule is CC(C)(C)[Si](C)(C)OC[C@H]1O[C@@H](Cc2ccccc2O)[C@H](O[Si](C)(C)C(C)(C)C)[C@@H]1O[Si](C)(C)C(C)(C)C. The van der Waals surface area contributed by atoms with Gasteiger partial charge in [-0.15, -0.1) is 0 Å². The third-order valence-electron chi connectivity index (χ3n) is 9.71. The first-order valence-electron chi connectivity index (χ1n) is 14.3. The van der Waals surface area contributed by atoms with Gasteiger partial charge in [-0.05, 0) is 66.0 Å². The molecule has 0 radical (unpaired) electrons. The molecule has 220 valence electrons. The summed E-state index contributed by atoms with van der Waals surface area (Å²) in [5.74, 6) is 0.296. The zero-order chi connectivity index (χ0) is 29.5. The number of hydrogen-bond acceptors (Lipinski definition) is 5. The van der Waals surface area contributed by atoms with Gasteiger partial charge in [0.2, 0.25) is 0 Å². The molecule has 0 saturated carbocycles. The highest BCUT2D eigenvalue weighted by atomic mass is 28.4. The minimum atomic E-state index is -2.16. The highest BCUT2D eigenvalue weighted by molar-refractivity contribution is 6.75. The fourth-order valence-corrected chi connectivity index (χ4v) is 7.48. The molecule has 5 nitrogen and oxygen atoms in total. The van der Waals surface area contributed by atoms with E-state index in [-0.39, 0.29) is 39.5 Å². The summed E-state index contributed by atoms with van der Waals surface area (Å²) in [6, 6.07) is 7.55. The second-order valence-electron chi connectivity index (χ2n) is 15.8. The number of phenolic OH excluding ortho intramolecular Hbond substituents is 1. The number of phenols is 1. The van der Waals surface area contributed by atoms with E-state index in [0.717, 1.165) is 5.56 Å². The minimum absolute atomic E-state index is 0.0453. The Bertz CT molecular complexity index is 925. The highest BCUT2D eigenvalue weighted by Crippen LogP contribution is 2.45. The fourth-order valence-electron chi connectivity index (χ4n) is 3.83. The number of para-hydroxylation sites is 1. The van der Waals surface area contributed by atoms with Crippen molar-refractivity contribution in [2.75, 3.05) is 6.61 Å². The van der Waals surface area contributed by atoms with Gasteiger partial charge in [-0.3, -0.25) is 0 Å². The molecular weight excluding hydrogens is 525 g/mol. The molecule has 1 N–H and O–H groups in total. The zero-order valence-corrected chi connectivity index (χ0v) is 30.1. The molecule has 1 aliphatic heterocycles. The molecule has 0 aliphatic carbocycles. The van der Waals surface area contributed by atoms with E-state index < -0.39 is 25.0 Å². The van der Waals surface area contributed by atoms with E-state index in [9.17, 15) is 5.11 Å². The first-order valence-corrected chi connectivity index (χ1v) is 23.0. The quantitative estimate of drug-likeness (QED) is 0.296. The largest absolute Gasteiger partial charge is 0.508 e. The summed E-state index contributed by atoms with van der Waals surface area (Å²) < 4.78 is 27.9. The summed E-state index contributed by atoms with van der Waals surface area (Å²) in [6.45, 7) is 34.7. The third-order valence-corrected chi connectivity index (χ3v) is 23.2. The van der Waals surface area contributed by atoms with Crippen molar-refractivity contribution in [2.45, 2.75) is 148 Å². The van der Waals surface area contributed by atoms with Crippen LogP contribution < -0.4 is 0 Å². The lowest BCUT2D eigenvalue weighted by atomic mass is 10.0. The zero-order valence-electron chi connectivity index (χ0n) is 27.1. The standard InChI is InChI=1S/C30H58O5Si3/c1-28(2,3)36(10,11)32-21-25-27(35-38(14,15)30(7,8)9)26(34-37(12,13)29(4,5)6)24(33-25)20-22-18-16-17-19-23(22)31/h16-19,24-27,31H,20-21H2,1-15H3/t24-,25+,26-,27+/m0/s1. The predicted octanol–water partition coefficient (Wildman–Crippen LogP) is 8.50. The van der Waals surface area contributed by atoms with Gasteiger partial charge >= 0.3 is 0 Å². The van der Waals surface area contributed by atoms with Crippen LogP contribution in [0.5, 0.6) is 5.75 Å². The lowest BCUT2D eigenvalue weighted by Gasteiger charge is -2.44. The van der Waals surface area contributed by atoms with E-state index in [1.807, 2.05) is 18.2 Å². The van der Waals surface area contributed by atoms with Crippen LogP contribution in [0.15, 0.2) is 24.3 Å². The van der Waals surface area contributed by atoms with E-state index in [1.165, 1.54) is 0 Å². The normalized spacial score (nSPS) is 24.2. The van der Waals surface area contributed by atoms with E-state index in [0.29, 0.717) is 18.8 Å². The Hall–Kier alpha value is -0.489. The maximum Gasteiger partial charge on any atom is 0.192 e. The van der Waals surface area contributed by atoms with Crippen molar-refractivity contribution in [1.82, 2.24) is 0 Å². The average Bonchev–Trinajstić information content (AvgIpc) is 3.01. The number of hydrogen-bond donors (Lipinski definition) is 1. The summed E-state index contributed by atoms with van der Waals surface area (Å²) in [4.78, 5) is 0. The Balaban J connectivity index is 2.54. The van der Waals surface area contributed by atoms with Gasteiger partial charge < -0.3 is 23.1 Å². The van der Waals surface area contributed by atoms with Crippen LogP contribution in [0.4, 0.5) is 0 Å². The summed E-state index contributed by atoms with van der Waals surface area (Å²) >= 11 is 0. The molecule has 0 bridgehead atoms. The van der Waals surface area contributed by atoms with Gasteiger partial charge in [0, 0.05) is 6.42 Å². The van der Waals surface area contributed by atoms with E-state index in [2.05, 4.69) is 102 Å². The third kappa shape index (κ3) is 7.83. The average molecular weight is 583 g/mol. The number of aromatic hydroxyl groups is 1. The Kier molecular flexibility index (Phi) is 10.1. The summed E-state index contributed by atoms with van der Waals surface area (Å²) in [5, 5.41) is 10.8. The smallest absolute Gasteiger partial charge is 0.192 e. The maximum atomic E-state index is 10.6. The van der Waals surface area contributed by atoms with Gasteiger partial charge in [-0.2, -0.15) is 0 Å². The lowest BCUT2D eigenvalue weighted by Crippen LogP contribution is -2.55. The second kappa shape index (κ2) is 11.4. The van der Waals surface area contributed by atoms with Gasteiger partial charge in [0.1, 0.15) is 18.0 Å². The minimum Gasteiger partial charge on any atom is -0.508 e. The Morgan fingerprint density at radius 1 is 0.684 bits per heavy atom. The Morgan fingerprint density at radius 3 is 1.53 bits per heavy atom. The van der Waals surface area contributed by atoms with Crippen molar-refractivity contribution in [3.8, 4) is 5.75 Å². The van der Waals surface area contributed by atoms with Crippen molar-refractivity contribution < 1.29 is 23.1 Å². The van der Waals surface area contributed by atoms with Crippen molar-refractivity contribution in [1.29, 1.82) is 0 Å². The summed E-state index contributed by atoms with van der Waals surface area (Å²) in [5.41, 5.74) is 0.873. The van der Waals surface area contributed by atoms with Gasteiger partial charge in [0.05, 0.1) is 18.8 Å². The topological polar surface area (TPSA) is 57.2 Å². The lowest BCUT2D eigenvalue weighted by molar-refractivity contribution is -0.0160. The molecule has 1 aromatic carbocycles. The molecule has 38 heavy (non-hydrogen) atoms. The molecule has 0 unspecified atom stereocenters. The van der Waals surface area contributed by atoms with Gasteiger partial charge in [-0.1, -0.05) is 80.5 Å². The van der Waals surface area contributed by atoms with E-state index in [1.54, 1.807) is 6.07 Å². The second-order valence-corrected chi connectivity index (χ2v) is 30.1. The Labute approximate surface area is 237 Å². The van der Waals surface area contributed by atoms with Gasteiger partial charge in [0.15, 0.2) is 25.0 Å². The Morgan fingerprint density at radius 2 is 1.11 bits per heavy atom. The molecule has 1 aromatic rings. The molecule has 2 rings (SSSR count). The van der Waals surface area contributed by atoms with Gasteiger partial charge in [0.25, 0.3) is 0 Å². The number of ether oxygens (including phenoxy) is 1. The van der Waals surface area contributed by atoms with Crippen molar-refractivity contribution in [3.63, 3.8) is 0 Å². The molecule has 1 heterocycles. The molecule has 1 aliphatic rings. The van der Waals surface area contributed by atoms with Crippen LogP contribution in [0.2, 0.25) is 54.4 Å². The molecular formula is C30H58O5Si3. The monoisotopic (exact) mass is 582 g/mol.